The molecule has 1 fully saturated rings. The van der Waals surface area contributed by atoms with Crippen molar-refractivity contribution in [3.63, 3.8) is 0 Å². The van der Waals surface area contributed by atoms with Crippen LogP contribution in [0.5, 0.6) is 0 Å². The second kappa shape index (κ2) is 7.13. The number of nitrogens with zero attached hydrogens (tertiary/aromatic N) is 2. The van der Waals surface area contributed by atoms with E-state index in [4.69, 9.17) is 0 Å². The van der Waals surface area contributed by atoms with Gasteiger partial charge in [0.15, 0.2) is 5.54 Å². The van der Waals surface area contributed by atoms with Crippen LogP contribution in [0.1, 0.15) is 11.8 Å². The van der Waals surface area contributed by atoms with Crippen molar-refractivity contribution >= 4 is 34.9 Å². The summed E-state index contributed by atoms with van der Waals surface area (Å²) in [6.07, 6.45) is 1.60. The normalized spacial score (nSPS) is 19.3. The molecule has 0 saturated carbocycles. The molecule has 134 valence electrons. The van der Waals surface area contributed by atoms with E-state index in [0.717, 1.165) is 9.78 Å². The number of carbonyl (C=O) groups is 3. The third-order valence-corrected chi connectivity index (χ3v) is 5.35. The predicted octanol–water partition coefficient (Wildman–Crippen LogP) is 2.73. The van der Waals surface area contributed by atoms with Crippen LogP contribution in [0.3, 0.4) is 0 Å². The lowest BCUT2D eigenvalue weighted by Gasteiger charge is -2.24. The van der Waals surface area contributed by atoms with E-state index in [-0.39, 0.29) is 19.0 Å². The standard InChI is InChI=1S/C19H19N3O3S/c1-3-11-21(14-8-5-4-6-9-14)16(23)13-22-17(24)19(2,20-18(22)25)15-10-7-12-26-15/h3-10,12H,1,11,13H2,2H3,(H,20,25). The zero-order valence-corrected chi connectivity index (χ0v) is 15.2. The molecule has 1 aromatic heterocycles. The van der Waals surface area contributed by atoms with E-state index in [2.05, 4.69) is 11.9 Å². The van der Waals surface area contributed by atoms with Gasteiger partial charge in [-0.2, -0.15) is 0 Å². The van der Waals surface area contributed by atoms with Crippen LogP contribution in [0.4, 0.5) is 10.5 Å². The Morgan fingerprint density at radius 3 is 2.62 bits per heavy atom. The molecule has 1 N–H and O–H groups in total. The van der Waals surface area contributed by atoms with Crippen molar-refractivity contribution in [2.75, 3.05) is 18.0 Å². The molecular weight excluding hydrogens is 350 g/mol. The van der Waals surface area contributed by atoms with Crippen molar-refractivity contribution in [2.24, 2.45) is 0 Å². The summed E-state index contributed by atoms with van der Waals surface area (Å²) in [6.45, 7) is 5.29. The average molecular weight is 369 g/mol. The molecule has 3 rings (SSSR count). The summed E-state index contributed by atoms with van der Waals surface area (Å²) < 4.78 is 0. The summed E-state index contributed by atoms with van der Waals surface area (Å²) in [5.74, 6) is -0.778. The SMILES string of the molecule is C=CCN(C(=O)CN1C(=O)NC(C)(c2cccs2)C1=O)c1ccccc1. The summed E-state index contributed by atoms with van der Waals surface area (Å²) in [7, 11) is 0. The Kier molecular flexibility index (Phi) is 4.90. The van der Waals surface area contributed by atoms with Crippen molar-refractivity contribution in [1.82, 2.24) is 10.2 Å². The first-order valence-corrected chi connectivity index (χ1v) is 8.99. The summed E-state index contributed by atoms with van der Waals surface area (Å²) in [4.78, 5) is 41.2. The third-order valence-electron chi connectivity index (χ3n) is 4.26. The lowest BCUT2D eigenvalue weighted by molar-refractivity contribution is -0.134. The van der Waals surface area contributed by atoms with Gasteiger partial charge in [0.05, 0.1) is 0 Å². The maximum Gasteiger partial charge on any atom is 0.325 e. The van der Waals surface area contributed by atoms with Gasteiger partial charge in [0.2, 0.25) is 5.91 Å². The molecule has 1 aliphatic rings. The van der Waals surface area contributed by atoms with Crippen LogP contribution in [0.25, 0.3) is 0 Å². The van der Waals surface area contributed by atoms with E-state index in [0.29, 0.717) is 5.69 Å². The van der Waals surface area contributed by atoms with Gasteiger partial charge in [-0.15, -0.1) is 17.9 Å². The fraction of sp³-hybridized carbons (Fsp3) is 0.211. The number of para-hydroxylation sites is 1. The maximum absolute atomic E-state index is 12.8. The van der Waals surface area contributed by atoms with Gasteiger partial charge in [-0.05, 0) is 30.5 Å². The van der Waals surface area contributed by atoms with Crippen molar-refractivity contribution < 1.29 is 14.4 Å². The molecule has 7 heteroatoms. The predicted molar refractivity (Wildman–Crippen MR) is 101 cm³/mol. The number of hydrogen-bond acceptors (Lipinski definition) is 4. The van der Waals surface area contributed by atoms with Gasteiger partial charge in [-0.1, -0.05) is 30.3 Å². The first-order valence-electron chi connectivity index (χ1n) is 8.12. The summed E-state index contributed by atoms with van der Waals surface area (Å²) >= 11 is 1.39. The van der Waals surface area contributed by atoms with Gasteiger partial charge >= 0.3 is 6.03 Å². The quantitative estimate of drug-likeness (QED) is 0.629. The number of rotatable bonds is 6. The second-order valence-electron chi connectivity index (χ2n) is 6.05. The van der Waals surface area contributed by atoms with Crippen LogP contribution in [0, 0.1) is 0 Å². The second-order valence-corrected chi connectivity index (χ2v) is 7.00. The Morgan fingerprint density at radius 1 is 1.27 bits per heavy atom. The van der Waals surface area contributed by atoms with Crippen molar-refractivity contribution in [2.45, 2.75) is 12.5 Å². The number of urea groups is 1. The van der Waals surface area contributed by atoms with Crippen molar-refractivity contribution in [1.29, 1.82) is 0 Å². The van der Waals surface area contributed by atoms with Gasteiger partial charge < -0.3 is 10.2 Å². The molecule has 1 aromatic carbocycles. The van der Waals surface area contributed by atoms with E-state index in [1.807, 2.05) is 29.6 Å². The highest BCUT2D eigenvalue weighted by Gasteiger charge is 2.50. The van der Waals surface area contributed by atoms with Crippen LogP contribution in [-0.2, 0) is 15.1 Å². The summed E-state index contributed by atoms with van der Waals surface area (Å²) in [6, 6.07) is 12.1. The molecule has 0 radical (unpaired) electrons. The smallest absolute Gasteiger partial charge is 0.319 e. The fourth-order valence-corrected chi connectivity index (χ4v) is 3.71. The third kappa shape index (κ3) is 3.13. The number of nitrogens with one attached hydrogen (secondary N) is 1. The van der Waals surface area contributed by atoms with E-state index in [9.17, 15) is 14.4 Å². The van der Waals surface area contributed by atoms with E-state index in [1.54, 1.807) is 31.2 Å². The van der Waals surface area contributed by atoms with Gasteiger partial charge in [0.25, 0.3) is 5.91 Å². The molecule has 0 spiro atoms. The number of thiophene rings is 1. The molecule has 0 bridgehead atoms. The number of carbonyl (C=O) groups excluding carboxylic acids is 3. The van der Waals surface area contributed by atoms with Crippen LogP contribution < -0.4 is 10.2 Å². The number of imide groups is 1. The molecule has 2 aromatic rings. The zero-order chi connectivity index (χ0) is 18.7. The summed E-state index contributed by atoms with van der Waals surface area (Å²) in [5.41, 5.74) is -0.452. The van der Waals surface area contributed by atoms with Gasteiger partial charge in [0.1, 0.15) is 6.54 Å². The van der Waals surface area contributed by atoms with Gasteiger partial charge in [-0.3, -0.25) is 14.5 Å². The van der Waals surface area contributed by atoms with Crippen LogP contribution in [-0.4, -0.2) is 35.8 Å². The molecule has 1 saturated heterocycles. The average Bonchev–Trinajstić information content (AvgIpc) is 3.25. The molecule has 6 nitrogen and oxygen atoms in total. The largest absolute Gasteiger partial charge is 0.325 e. The Morgan fingerprint density at radius 2 is 2.00 bits per heavy atom. The van der Waals surface area contributed by atoms with Crippen LogP contribution in [0.15, 0.2) is 60.5 Å². The minimum atomic E-state index is -1.14. The minimum Gasteiger partial charge on any atom is -0.319 e. The van der Waals surface area contributed by atoms with Crippen LogP contribution >= 0.6 is 11.3 Å². The van der Waals surface area contributed by atoms with Crippen LogP contribution in [0.2, 0.25) is 0 Å². The number of hydrogen-bond donors (Lipinski definition) is 1. The van der Waals surface area contributed by atoms with E-state index >= 15 is 0 Å². The fourth-order valence-electron chi connectivity index (χ4n) is 2.88. The molecule has 0 aliphatic carbocycles. The monoisotopic (exact) mass is 369 g/mol. The first kappa shape index (κ1) is 17.9. The molecule has 26 heavy (non-hydrogen) atoms. The molecular formula is C19H19N3O3S. The van der Waals surface area contributed by atoms with Crippen molar-refractivity contribution in [3.05, 3.63) is 65.4 Å². The molecule has 2 heterocycles. The van der Waals surface area contributed by atoms with E-state index in [1.165, 1.54) is 16.2 Å². The maximum atomic E-state index is 12.8. The minimum absolute atomic E-state index is 0.286. The molecule has 4 amide bonds. The zero-order valence-electron chi connectivity index (χ0n) is 14.3. The topological polar surface area (TPSA) is 69.7 Å². The number of anilines is 1. The lowest BCUT2D eigenvalue weighted by Crippen LogP contribution is -2.44. The molecule has 1 aliphatic heterocycles. The Hall–Kier alpha value is -2.93. The van der Waals surface area contributed by atoms with E-state index < -0.39 is 17.5 Å². The number of amides is 4. The highest BCUT2D eigenvalue weighted by molar-refractivity contribution is 7.10. The summed E-state index contributed by atoms with van der Waals surface area (Å²) in [5, 5.41) is 4.55. The number of benzene rings is 1. The highest BCUT2D eigenvalue weighted by Crippen LogP contribution is 2.31. The lowest BCUT2D eigenvalue weighted by atomic mass is 10.0. The first-order chi connectivity index (χ1) is 12.5. The van der Waals surface area contributed by atoms with Gasteiger partial charge in [0, 0.05) is 17.1 Å². The highest BCUT2D eigenvalue weighted by atomic mass is 32.1. The van der Waals surface area contributed by atoms with Gasteiger partial charge in [-0.25, -0.2) is 4.79 Å². The Balaban J connectivity index is 1.81. The van der Waals surface area contributed by atoms with Crippen molar-refractivity contribution in [3.8, 4) is 0 Å². The Bertz CT molecular complexity index is 835. The molecule has 1 unspecified atom stereocenters. The molecule has 1 atom stereocenters. The Labute approximate surface area is 155 Å².